The summed E-state index contributed by atoms with van der Waals surface area (Å²) in [6.45, 7) is 4.93. The van der Waals surface area contributed by atoms with Crippen molar-refractivity contribution in [1.29, 1.82) is 0 Å². The third-order valence-corrected chi connectivity index (χ3v) is 10.0. The van der Waals surface area contributed by atoms with Crippen molar-refractivity contribution in [2.24, 2.45) is 5.92 Å². The van der Waals surface area contributed by atoms with Gasteiger partial charge in [-0.2, -0.15) is 0 Å². The van der Waals surface area contributed by atoms with Crippen LogP contribution in [-0.2, 0) is 31.2 Å². The molecule has 0 aromatic heterocycles. The average Bonchev–Trinajstić information content (AvgIpc) is 3.50. The number of carbonyl (C=O) groups is 2. The number of aliphatic hydroxyl groups is 1. The van der Waals surface area contributed by atoms with Gasteiger partial charge in [0.05, 0.1) is 12.0 Å². The molecule has 3 atom stereocenters. The van der Waals surface area contributed by atoms with Crippen molar-refractivity contribution in [3.63, 3.8) is 0 Å². The summed E-state index contributed by atoms with van der Waals surface area (Å²) in [5.41, 5.74) is 1.17. The third kappa shape index (κ3) is 5.96. The second-order valence-electron chi connectivity index (χ2n) is 13.2. The fraction of sp³-hybridized carbons (Fsp3) is 0.316. The Bertz CT molecular complexity index is 1720. The van der Waals surface area contributed by atoms with Crippen molar-refractivity contribution in [3.05, 3.63) is 131 Å². The number of ether oxygens (including phenoxy) is 2. The summed E-state index contributed by atoms with van der Waals surface area (Å²) in [5.74, 6) is -2.53. The van der Waals surface area contributed by atoms with E-state index in [1.165, 1.54) is 0 Å². The van der Waals surface area contributed by atoms with Crippen molar-refractivity contribution in [2.45, 2.75) is 60.4 Å². The predicted molar refractivity (Wildman–Crippen MR) is 184 cm³/mol. The second kappa shape index (κ2) is 12.6. The van der Waals surface area contributed by atoms with E-state index >= 15 is 0 Å². The highest BCUT2D eigenvalue weighted by molar-refractivity contribution is 6.68. The standard InChI is InChI=1S/C38H36Cl3NO5/c1-35(2,3)47-32(43)22-31-33(34(44)46-23-25-14-6-4-7-15-25)42(24-36(31,45)38(39,40)41)37(26-16-8-5-9-17-26)29-20-12-10-18-27(29)28-19-11-13-21-30(28)37/h4-21,31,33,45H,22-24H2,1-3H3/t31-,33-,36+/m0/s1. The molecule has 4 aromatic carbocycles. The SMILES string of the molecule is CC(C)(C)OC(=O)C[C@H]1[C@@H](C(=O)OCc2ccccc2)N(C2(c3ccccc3)c3ccccc3-c3ccccc32)C[C@]1(O)C(Cl)(Cl)Cl. The van der Waals surface area contributed by atoms with Gasteiger partial charge >= 0.3 is 11.9 Å². The van der Waals surface area contributed by atoms with Crippen LogP contribution in [0.2, 0.25) is 0 Å². The quantitative estimate of drug-likeness (QED) is 0.157. The molecule has 1 fully saturated rings. The molecule has 0 saturated carbocycles. The normalized spacial score (nSPS) is 21.9. The van der Waals surface area contributed by atoms with Crippen LogP contribution in [0.15, 0.2) is 109 Å². The number of halogens is 3. The van der Waals surface area contributed by atoms with Crippen LogP contribution in [0.1, 0.15) is 49.4 Å². The summed E-state index contributed by atoms with van der Waals surface area (Å²) < 4.78 is 9.40. The Labute approximate surface area is 290 Å². The number of fused-ring (bicyclic) bond motifs is 3. The summed E-state index contributed by atoms with van der Waals surface area (Å²) in [4.78, 5) is 30.0. The first-order valence-corrected chi connectivity index (χ1v) is 16.6. The van der Waals surface area contributed by atoms with E-state index in [1.54, 1.807) is 20.8 Å². The summed E-state index contributed by atoms with van der Waals surface area (Å²) in [7, 11) is 0. The molecule has 47 heavy (non-hydrogen) atoms. The van der Waals surface area contributed by atoms with E-state index < -0.39 is 50.9 Å². The number of nitrogens with zero attached hydrogens (tertiary/aromatic N) is 1. The van der Waals surface area contributed by atoms with Crippen molar-refractivity contribution in [1.82, 2.24) is 4.90 Å². The van der Waals surface area contributed by atoms with Crippen LogP contribution in [0.25, 0.3) is 11.1 Å². The van der Waals surface area contributed by atoms with Gasteiger partial charge in [-0.15, -0.1) is 0 Å². The molecular formula is C38H36Cl3NO5. The van der Waals surface area contributed by atoms with Crippen molar-refractivity contribution in [3.8, 4) is 11.1 Å². The molecule has 1 saturated heterocycles. The summed E-state index contributed by atoms with van der Waals surface area (Å²) in [5, 5.41) is 12.6. The molecule has 4 aromatic rings. The Balaban J connectivity index is 1.60. The molecule has 1 aliphatic heterocycles. The van der Waals surface area contributed by atoms with Gasteiger partial charge in [0.25, 0.3) is 0 Å². The molecule has 0 amide bonds. The highest BCUT2D eigenvalue weighted by Crippen LogP contribution is 2.60. The van der Waals surface area contributed by atoms with Crippen molar-refractivity contribution < 1.29 is 24.2 Å². The number of alkyl halides is 3. The summed E-state index contributed by atoms with van der Waals surface area (Å²) in [6.07, 6.45) is -0.405. The number of rotatable bonds is 7. The lowest BCUT2D eigenvalue weighted by molar-refractivity contribution is -0.161. The largest absolute Gasteiger partial charge is 0.460 e. The van der Waals surface area contributed by atoms with Gasteiger partial charge in [-0.1, -0.05) is 144 Å². The highest BCUT2D eigenvalue weighted by atomic mass is 35.6. The Morgan fingerprint density at radius 2 is 1.32 bits per heavy atom. The lowest BCUT2D eigenvalue weighted by Gasteiger charge is -2.44. The number of benzene rings is 4. The summed E-state index contributed by atoms with van der Waals surface area (Å²) in [6, 6.07) is 33.7. The molecule has 9 heteroatoms. The first kappa shape index (κ1) is 33.5. The first-order chi connectivity index (χ1) is 22.3. The molecule has 0 unspecified atom stereocenters. The van der Waals surface area contributed by atoms with E-state index in [0.717, 1.165) is 33.4 Å². The van der Waals surface area contributed by atoms with E-state index in [9.17, 15) is 14.7 Å². The van der Waals surface area contributed by atoms with Crippen molar-refractivity contribution in [2.75, 3.05) is 6.54 Å². The van der Waals surface area contributed by atoms with Gasteiger partial charge < -0.3 is 14.6 Å². The van der Waals surface area contributed by atoms with E-state index in [0.29, 0.717) is 0 Å². The van der Waals surface area contributed by atoms with Gasteiger partial charge in [0.15, 0.2) is 0 Å². The lowest BCUT2D eigenvalue weighted by Crippen LogP contribution is -2.53. The molecule has 2 aliphatic rings. The molecule has 6 rings (SSSR count). The summed E-state index contributed by atoms with van der Waals surface area (Å²) >= 11 is 19.9. The molecule has 1 aliphatic carbocycles. The molecule has 244 valence electrons. The predicted octanol–water partition coefficient (Wildman–Crippen LogP) is 7.84. The second-order valence-corrected chi connectivity index (χ2v) is 15.4. The van der Waals surface area contributed by atoms with Crippen LogP contribution in [0, 0.1) is 5.92 Å². The van der Waals surface area contributed by atoms with Crippen LogP contribution in [-0.4, -0.2) is 49.5 Å². The number of likely N-dealkylation sites (tertiary alicyclic amines) is 1. The Kier molecular flexibility index (Phi) is 8.96. The average molecular weight is 693 g/mol. The van der Waals surface area contributed by atoms with E-state index in [1.807, 2.05) is 114 Å². The van der Waals surface area contributed by atoms with Gasteiger partial charge in [0, 0.05) is 12.5 Å². The smallest absolute Gasteiger partial charge is 0.324 e. The van der Waals surface area contributed by atoms with Crippen LogP contribution in [0.5, 0.6) is 0 Å². The monoisotopic (exact) mass is 691 g/mol. The molecule has 0 bridgehead atoms. The zero-order valence-electron chi connectivity index (χ0n) is 26.3. The van der Waals surface area contributed by atoms with Gasteiger partial charge in [0.2, 0.25) is 3.79 Å². The van der Waals surface area contributed by atoms with Crippen LogP contribution < -0.4 is 0 Å². The number of carbonyl (C=O) groups excluding carboxylic acids is 2. The molecule has 1 N–H and O–H groups in total. The Hall–Kier alpha value is -3.39. The third-order valence-electron chi connectivity index (χ3n) is 9.05. The number of hydrogen-bond acceptors (Lipinski definition) is 6. The fourth-order valence-corrected chi connectivity index (χ4v) is 7.81. The van der Waals surface area contributed by atoms with Gasteiger partial charge in [-0.3, -0.25) is 14.5 Å². The van der Waals surface area contributed by atoms with Crippen LogP contribution in [0.4, 0.5) is 0 Å². The molecule has 1 heterocycles. The highest BCUT2D eigenvalue weighted by Gasteiger charge is 2.68. The minimum absolute atomic E-state index is 0.0269. The fourth-order valence-electron chi connectivity index (χ4n) is 7.21. The minimum atomic E-state index is -2.30. The van der Waals surface area contributed by atoms with Gasteiger partial charge in [-0.05, 0) is 54.2 Å². The minimum Gasteiger partial charge on any atom is -0.460 e. The topological polar surface area (TPSA) is 76.1 Å². The van der Waals surface area contributed by atoms with Crippen LogP contribution >= 0.6 is 34.8 Å². The zero-order valence-corrected chi connectivity index (χ0v) is 28.6. The Morgan fingerprint density at radius 1 is 0.809 bits per heavy atom. The van der Waals surface area contributed by atoms with Gasteiger partial charge in [0.1, 0.15) is 23.9 Å². The van der Waals surface area contributed by atoms with Crippen LogP contribution in [0.3, 0.4) is 0 Å². The van der Waals surface area contributed by atoms with E-state index in [4.69, 9.17) is 44.3 Å². The number of β-amino-alcohol motifs (C(OH)–C–C–N with tert-alkyl or cyclic N) is 1. The molecule has 0 radical (unpaired) electrons. The number of hydrogen-bond donors (Lipinski definition) is 1. The molecular weight excluding hydrogens is 657 g/mol. The first-order valence-electron chi connectivity index (χ1n) is 15.5. The Morgan fingerprint density at radius 3 is 1.85 bits per heavy atom. The molecule has 0 spiro atoms. The maximum absolute atomic E-state index is 14.6. The number of esters is 2. The maximum Gasteiger partial charge on any atom is 0.324 e. The maximum atomic E-state index is 14.6. The van der Waals surface area contributed by atoms with E-state index in [2.05, 4.69) is 0 Å². The van der Waals surface area contributed by atoms with Crippen molar-refractivity contribution >= 4 is 46.7 Å². The van der Waals surface area contributed by atoms with E-state index in [-0.39, 0.29) is 13.2 Å². The van der Waals surface area contributed by atoms with Gasteiger partial charge in [-0.25, -0.2) is 0 Å². The lowest BCUT2D eigenvalue weighted by atomic mass is 9.78. The molecule has 6 nitrogen and oxygen atoms in total. The zero-order chi connectivity index (χ0) is 33.6.